The Hall–Kier alpha value is -2.84. The Morgan fingerprint density at radius 2 is 1.45 bits per heavy atom. The standard InChI is InChI=1S/C32H42F2N2O4/c1-29(2)14-13-21(17-30(3,4)35-29)39-28(38)23-12-9-19(15-25(23)34)22-11-10-20(16-24(22)33)27(37)40-26-18-31(5,6)36-32(26,7)8/h9-12,15-16,21,26,35-36H,13-14,17-18H2,1-8H3. The van der Waals surface area contributed by atoms with Crippen LogP contribution < -0.4 is 10.6 Å². The van der Waals surface area contributed by atoms with E-state index in [9.17, 15) is 9.59 Å². The lowest BCUT2D eigenvalue weighted by atomic mass is 9.96. The van der Waals surface area contributed by atoms with Gasteiger partial charge in [0.15, 0.2) is 0 Å². The molecule has 40 heavy (non-hydrogen) atoms. The molecule has 0 spiro atoms. The van der Waals surface area contributed by atoms with Crippen molar-refractivity contribution in [3.63, 3.8) is 0 Å². The molecule has 0 aliphatic carbocycles. The highest BCUT2D eigenvalue weighted by Gasteiger charge is 2.46. The number of ether oxygens (including phenoxy) is 2. The first kappa shape index (κ1) is 30.1. The Morgan fingerprint density at radius 1 is 0.775 bits per heavy atom. The van der Waals surface area contributed by atoms with Gasteiger partial charge >= 0.3 is 11.9 Å². The maximum atomic E-state index is 15.1. The molecule has 2 fully saturated rings. The van der Waals surface area contributed by atoms with Crippen LogP contribution in [0.25, 0.3) is 11.1 Å². The average molecular weight is 557 g/mol. The van der Waals surface area contributed by atoms with Crippen molar-refractivity contribution in [1.82, 2.24) is 10.6 Å². The lowest BCUT2D eigenvalue weighted by Crippen LogP contribution is -2.50. The summed E-state index contributed by atoms with van der Waals surface area (Å²) in [4.78, 5) is 25.7. The van der Waals surface area contributed by atoms with Crippen LogP contribution >= 0.6 is 0 Å². The smallest absolute Gasteiger partial charge is 0.341 e. The van der Waals surface area contributed by atoms with Gasteiger partial charge in [-0.2, -0.15) is 0 Å². The number of benzene rings is 2. The van der Waals surface area contributed by atoms with E-state index in [2.05, 4.69) is 38.3 Å². The van der Waals surface area contributed by atoms with Crippen LogP contribution in [0.4, 0.5) is 8.78 Å². The third kappa shape index (κ3) is 6.89. The fourth-order valence-corrected chi connectivity index (χ4v) is 6.37. The van der Waals surface area contributed by atoms with E-state index in [1.165, 1.54) is 24.3 Å². The van der Waals surface area contributed by atoms with Crippen LogP contribution in [0.3, 0.4) is 0 Å². The summed E-state index contributed by atoms with van der Waals surface area (Å²) in [6.45, 7) is 16.3. The molecule has 2 unspecified atom stereocenters. The van der Waals surface area contributed by atoms with Crippen LogP contribution in [0.1, 0.15) is 102 Å². The number of carbonyl (C=O) groups is 2. The molecule has 0 amide bonds. The minimum Gasteiger partial charge on any atom is -0.459 e. The zero-order valence-corrected chi connectivity index (χ0v) is 24.8. The zero-order valence-electron chi connectivity index (χ0n) is 24.8. The molecule has 0 bridgehead atoms. The highest BCUT2D eigenvalue weighted by atomic mass is 19.1. The Morgan fingerprint density at radius 3 is 2.05 bits per heavy atom. The van der Waals surface area contributed by atoms with Gasteiger partial charge in [0.25, 0.3) is 0 Å². The van der Waals surface area contributed by atoms with E-state index in [1.807, 2.05) is 27.7 Å². The van der Waals surface area contributed by atoms with Gasteiger partial charge in [-0.25, -0.2) is 18.4 Å². The Labute approximate surface area is 236 Å². The molecule has 218 valence electrons. The van der Waals surface area contributed by atoms with Crippen LogP contribution in [-0.2, 0) is 9.47 Å². The topological polar surface area (TPSA) is 76.7 Å². The van der Waals surface area contributed by atoms with Crippen molar-refractivity contribution in [1.29, 1.82) is 0 Å². The van der Waals surface area contributed by atoms with Gasteiger partial charge in [-0.05, 0) is 98.1 Å². The first-order valence-electron chi connectivity index (χ1n) is 14.0. The molecular weight excluding hydrogens is 514 g/mol. The number of rotatable bonds is 5. The minimum atomic E-state index is -0.796. The van der Waals surface area contributed by atoms with E-state index in [1.54, 1.807) is 0 Å². The monoisotopic (exact) mass is 556 g/mol. The second kappa shape index (κ2) is 10.5. The van der Waals surface area contributed by atoms with Gasteiger partial charge in [-0.1, -0.05) is 12.1 Å². The summed E-state index contributed by atoms with van der Waals surface area (Å²) in [7, 11) is 0. The lowest BCUT2D eigenvalue weighted by molar-refractivity contribution is 0.0170. The number of nitrogens with one attached hydrogen (secondary N) is 2. The molecule has 2 N–H and O–H groups in total. The number of halogens is 2. The van der Waals surface area contributed by atoms with E-state index in [-0.39, 0.29) is 51.1 Å². The van der Waals surface area contributed by atoms with Gasteiger partial charge < -0.3 is 20.1 Å². The van der Waals surface area contributed by atoms with Crippen LogP contribution in [-0.4, -0.2) is 46.3 Å². The second-order valence-electron chi connectivity index (χ2n) is 13.9. The van der Waals surface area contributed by atoms with Crippen molar-refractivity contribution in [3.05, 3.63) is 59.2 Å². The Kier molecular flexibility index (Phi) is 7.93. The van der Waals surface area contributed by atoms with Crippen molar-refractivity contribution in [3.8, 4) is 11.1 Å². The maximum Gasteiger partial charge on any atom is 0.341 e. The number of hydrogen-bond acceptors (Lipinski definition) is 6. The van der Waals surface area contributed by atoms with Gasteiger partial charge in [-0.15, -0.1) is 0 Å². The molecular formula is C32H42F2N2O4. The molecule has 8 heteroatoms. The second-order valence-corrected chi connectivity index (χ2v) is 13.9. The van der Waals surface area contributed by atoms with E-state index >= 15 is 8.78 Å². The molecule has 0 saturated carbocycles. The SMILES string of the molecule is CC1(C)CCC(OC(=O)c2ccc(-c3ccc(C(=O)OC4CC(C)(C)NC4(C)C)cc3F)cc2F)CC(C)(C)N1. The van der Waals surface area contributed by atoms with Gasteiger partial charge in [0.05, 0.1) is 16.7 Å². The summed E-state index contributed by atoms with van der Waals surface area (Å²) in [5.74, 6) is -2.84. The van der Waals surface area contributed by atoms with Crippen molar-refractivity contribution >= 4 is 11.9 Å². The van der Waals surface area contributed by atoms with Crippen LogP contribution in [0.2, 0.25) is 0 Å². The van der Waals surface area contributed by atoms with Gasteiger partial charge in [0.1, 0.15) is 23.8 Å². The number of hydrogen-bond donors (Lipinski definition) is 2. The molecule has 2 aliphatic rings. The van der Waals surface area contributed by atoms with Crippen molar-refractivity contribution in [2.24, 2.45) is 0 Å². The number of carbonyl (C=O) groups excluding carboxylic acids is 2. The van der Waals surface area contributed by atoms with Crippen molar-refractivity contribution in [2.75, 3.05) is 0 Å². The highest BCUT2D eigenvalue weighted by Crippen LogP contribution is 2.34. The summed E-state index contributed by atoms with van der Waals surface area (Å²) >= 11 is 0. The predicted octanol–water partition coefficient (Wildman–Crippen LogP) is 6.56. The normalized spacial score (nSPS) is 24.6. The largest absolute Gasteiger partial charge is 0.459 e. The fourth-order valence-electron chi connectivity index (χ4n) is 6.37. The third-order valence-corrected chi connectivity index (χ3v) is 7.90. The zero-order chi connectivity index (χ0) is 29.7. The summed E-state index contributed by atoms with van der Waals surface area (Å²) in [6, 6.07) is 7.89. The number of esters is 2. The lowest BCUT2D eigenvalue weighted by Gasteiger charge is -2.34. The quantitative estimate of drug-likeness (QED) is 0.406. The molecule has 4 rings (SSSR count). The molecule has 0 radical (unpaired) electrons. The van der Waals surface area contributed by atoms with E-state index in [4.69, 9.17) is 9.47 Å². The molecule has 0 aromatic heterocycles. The Balaban J connectivity index is 1.46. The highest BCUT2D eigenvalue weighted by molar-refractivity contribution is 5.91. The third-order valence-electron chi connectivity index (χ3n) is 7.90. The predicted molar refractivity (Wildman–Crippen MR) is 151 cm³/mol. The molecule has 2 heterocycles. The molecule has 6 nitrogen and oxygen atoms in total. The van der Waals surface area contributed by atoms with Gasteiger partial charge in [0.2, 0.25) is 0 Å². The summed E-state index contributed by atoms with van der Waals surface area (Å²) in [5, 5.41) is 7.03. The first-order valence-corrected chi connectivity index (χ1v) is 14.0. The summed E-state index contributed by atoms with van der Waals surface area (Å²) < 4.78 is 41.6. The van der Waals surface area contributed by atoms with Crippen LogP contribution in [0, 0.1) is 11.6 Å². The van der Waals surface area contributed by atoms with E-state index < -0.39 is 29.1 Å². The van der Waals surface area contributed by atoms with Gasteiger partial charge in [-0.3, -0.25) is 0 Å². The first-order chi connectivity index (χ1) is 18.4. The molecule has 2 aromatic rings. The minimum absolute atomic E-state index is 0.0754. The van der Waals surface area contributed by atoms with Crippen molar-refractivity contribution < 1.29 is 27.8 Å². The van der Waals surface area contributed by atoms with Crippen LogP contribution in [0.5, 0.6) is 0 Å². The fraction of sp³-hybridized carbons (Fsp3) is 0.562. The molecule has 2 saturated heterocycles. The van der Waals surface area contributed by atoms with E-state index in [0.717, 1.165) is 18.6 Å². The summed E-state index contributed by atoms with van der Waals surface area (Å²) in [6.07, 6.45) is 2.00. The summed E-state index contributed by atoms with van der Waals surface area (Å²) in [5.41, 5.74) is -0.723. The van der Waals surface area contributed by atoms with Crippen molar-refractivity contribution in [2.45, 2.75) is 115 Å². The Bertz CT molecular complexity index is 1300. The molecule has 2 aromatic carbocycles. The molecule has 2 atom stereocenters. The maximum absolute atomic E-state index is 15.1. The van der Waals surface area contributed by atoms with Crippen LogP contribution in [0.15, 0.2) is 36.4 Å². The van der Waals surface area contributed by atoms with E-state index in [0.29, 0.717) is 19.3 Å². The van der Waals surface area contributed by atoms with Gasteiger partial charge in [0, 0.05) is 35.0 Å². The average Bonchev–Trinajstić information content (AvgIpc) is 2.94. The molecule has 2 aliphatic heterocycles.